The van der Waals surface area contributed by atoms with E-state index in [1.54, 1.807) is 0 Å². The molecule has 0 spiro atoms. The van der Waals surface area contributed by atoms with Crippen LogP contribution in [0, 0.1) is 0 Å². The summed E-state index contributed by atoms with van der Waals surface area (Å²) in [4.78, 5) is 10.5. The highest BCUT2D eigenvalue weighted by Gasteiger charge is 2.27. The number of halogens is 3. The molecule has 0 atom stereocenters. The van der Waals surface area contributed by atoms with E-state index in [-0.39, 0.29) is 22.5 Å². The van der Waals surface area contributed by atoms with Gasteiger partial charge in [0.25, 0.3) is 0 Å². The summed E-state index contributed by atoms with van der Waals surface area (Å²) in [5, 5.41) is 0.195. The Labute approximate surface area is 94.2 Å². The predicted octanol–water partition coefficient (Wildman–Crippen LogP) is 2.31. The predicted molar refractivity (Wildman–Crippen MR) is 56.9 cm³/mol. The molecule has 0 aliphatic carbocycles. The van der Waals surface area contributed by atoms with Gasteiger partial charge in [-0.3, -0.25) is 4.79 Å². The highest BCUT2D eigenvalue weighted by atomic mass is 19.4. The molecule has 7 heteroatoms. The van der Waals surface area contributed by atoms with Gasteiger partial charge in [-0.15, -0.1) is 5.46 Å². The maximum atomic E-state index is 12.6. The van der Waals surface area contributed by atoms with E-state index < -0.39 is 12.4 Å². The molecule has 0 aliphatic rings. The van der Waals surface area contributed by atoms with Gasteiger partial charge in [0.2, 0.25) is 0 Å². The summed E-state index contributed by atoms with van der Waals surface area (Å²) in [6.45, 7) is -5.12. The number of hydrogen-bond donors (Lipinski definition) is 0. The topological polar surface area (TPSA) is 39.4 Å². The Hall–Kier alpha value is -1.92. The molecule has 1 aromatic carbocycles. The Morgan fingerprint density at radius 1 is 1.29 bits per heavy atom. The third-order valence-corrected chi connectivity index (χ3v) is 2.34. The second-order valence-electron chi connectivity index (χ2n) is 3.48. The molecule has 0 fully saturated rings. The lowest BCUT2D eigenvalue weighted by Crippen LogP contribution is -2.33. The highest BCUT2D eigenvalue weighted by molar-refractivity contribution is 6.73. The zero-order chi connectivity index (χ0) is 12.6. The SMILES string of the molecule is COc1cc([B-](F)(F)F)cc2cc(C=O)oc12. The number of carbonyl (C=O) groups is 1. The molecule has 0 saturated carbocycles. The molecule has 1 heterocycles. The summed E-state index contributed by atoms with van der Waals surface area (Å²) in [6, 6.07) is 3.05. The van der Waals surface area contributed by atoms with Crippen LogP contribution >= 0.6 is 0 Å². The summed E-state index contributed by atoms with van der Waals surface area (Å²) < 4.78 is 47.8. The van der Waals surface area contributed by atoms with Crippen molar-refractivity contribution in [2.45, 2.75) is 0 Å². The molecule has 0 N–H and O–H groups in total. The first-order valence-electron chi connectivity index (χ1n) is 4.72. The number of hydrogen-bond acceptors (Lipinski definition) is 3. The van der Waals surface area contributed by atoms with E-state index >= 15 is 0 Å². The van der Waals surface area contributed by atoms with Gasteiger partial charge < -0.3 is 22.1 Å². The van der Waals surface area contributed by atoms with Crippen molar-refractivity contribution < 1.29 is 26.9 Å². The van der Waals surface area contributed by atoms with Crippen molar-refractivity contribution in [1.29, 1.82) is 0 Å². The van der Waals surface area contributed by atoms with Crippen molar-refractivity contribution in [1.82, 2.24) is 0 Å². The van der Waals surface area contributed by atoms with Crippen molar-refractivity contribution in [3.63, 3.8) is 0 Å². The standard InChI is InChI=1S/C10H7BF3O3/c1-16-9-4-7(11(12,13)14)2-6-3-8(5-15)17-10(6)9/h2-5H,1H3/q-1. The summed E-state index contributed by atoms with van der Waals surface area (Å²) >= 11 is 0. The third-order valence-electron chi connectivity index (χ3n) is 2.34. The smallest absolute Gasteiger partial charge is 0.493 e. The van der Waals surface area contributed by atoms with Gasteiger partial charge in [-0.05, 0) is 12.1 Å². The van der Waals surface area contributed by atoms with E-state index in [0.717, 1.165) is 12.1 Å². The van der Waals surface area contributed by atoms with E-state index in [1.165, 1.54) is 13.2 Å². The third kappa shape index (κ3) is 2.00. The molecular weight excluding hydrogens is 236 g/mol. The molecule has 0 bridgehead atoms. The lowest BCUT2D eigenvalue weighted by molar-refractivity contribution is 0.110. The summed E-state index contributed by atoms with van der Waals surface area (Å²) in [7, 11) is 1.24. The number of furan rings is 1. The zero-order valence-electron chi connectivity index (χ0n) is 8.75. The van der Waals surface area contributed by atoms with Crippen LogP contribution in [0.5, 0.6) is 5.75 Å². The summed E-state index contributed by atoms with van der Waals surface area (Å²) in [6.07, 6.45) is 0.428. The first-order chi connectivity index (χ1) is 7.95. The van der Waals surface area contributed by atoms with E-state index in [0.29, 0.717) is 6.29 Å². The second kappa shape index (κ2) is 3.83. The normalized spacial score (nSPS) is 11.8. The van der Waals surface area contributed by atoms with Gasteiger partial charge in [0.15, 0.2) is 23.4 Å². The molecular formula is C10H7BF3O3-. The average Bonchev–Trinajstić information content (AvgIpc) is 2.69. The summed E-state index contributed by atoms with van der Waals surface area (Å²) in [5.74, 6) is -0.0741. The Morgan fingerprint density at radius 3 is 2.53 bits per heavy atom. The van der Waals surface area contributed by atoms with Crippen LogP contribution in [0.3, 0.4) is 0 Å². The number of methoxy groups -OCH3 is 1. The van der Waals surface area contributed by atoms with Gasteiger partial charge in [-0.1, -0.05) is 6.07 Å². The van der Waals surface area contributed by atoms with Crippen molar-refractivity contribution in [2.24, 2.45) is 0 Å². The van der Waals surface area contributed by atoms with Gasteiger partial charge in [0.05, 0.1) is 7.11 Å². The van der Waals surface area contributed by atoms with Gasteiger partial charge in [-0.25, -0.2) is 0 Å². The average molecular weight is 243 g/mol. The lowest BCUT2D eigenvalue weighted by Gasteiger charge is -2.15. The van der Waals surface area contributed by atoms with Crippen LogP contribution < -0.4 is 10.2 Å². The molecule has 2 rings (SSSR count). The molecule has 90 valence electrons. The Balaban J connectivity index is 2.72. The number of ether oxygens (including phenoxy) is 1. The number of fused-ring (bicyclic) bond motifs is 1. The van der Waals surface area contributed by atoms with Crippen LogP contribution in [-0.4, -0.2) is 20.4 Å². The first-order valence-corrected chi connectivity index (χ1v) is 4.72. The minimum atomic E-state index is -5.12. The molecule has 17 heavy (non-hydrogen) atoms. The highest BCUT2D eigenvalue weighted by Crippen LogP contribution is 2.28. The van der Waals surface area contributed by atoms with Crippen LogP contribution in [0.4, 0.5) is 12.9 Å². The van der Waals surface area contributed by atoms with Crippen LogP contribution in [-0.2, 0) is 0 Å². The van der Waals surface area contributed by atoms with Gasteiger partial charge >= 0.3 is 6.98 Å². The van der Waals surface area contributed by atoms with Gasteiger partial charge in [0.1, 0.15) is 0 Å². The quantitative estimate of drug-likeness (QED) is 0.613. The number of aldehydes is 1. The second-order valence-corrected chi connectivity index (χ2v) is 3.48. The summed E-state index contributed by atoms with van der Waals surface area (Å²) in [5.41, 5.74) is -0.647. The van der Waals surface area contributed by atoms with Crippen LogP contribution in [0.2, 0.25) is 0 Å². The van der Waals surface area contributed by atoms with Crippen molar-refractivity contribution in [2.75, 3.05) is 7.11 Å². The van der Waals surface area contributed by atoms with Crippen molar-refractivity contribution >= 4 is 29.7 Å². The number of rotatable bonds is 3. The van der Waals surface area contributed by atoms with Crippen molar-refractivity contribution in [3.05, 3.63) is 24.0 Å². The van der Waals surface area contributed by atoms with Crippen LogP contribution in [0.1, 0.15) is 10.6 Å². The Bertz CT molecular complexity index is 574. The minimum Gasteiger partial charge on any atom is -0.493 e. The molecule has 0 radical (unpaired) electrons. The fourth-order valence-electron chi connectivity index (χ4n) is 1.56. The number of carbonyl (C=O) groups excluding carboxylic acids is 1. The molecule has 0 saturated heterocycles. The van der Waals surface area contributed by atoms with Gasteiger partial charge in [-0.2, -0.15) is 0 Å². The monoisotopic (exact) mass is 243 g/mol. The fourth-order valence-corrected chi connectivity index (χ4v) is 1.56. The Morgan fingerprint density at radius 2 is 2.00 bits per heavy atom. The molecule has 1 aromatic heterocycles. The lowest BCUT2D eigenvalue weighted by atomic mass is 9.79. The first kappa shape index (κ1) is 11.6. The molecule has 2 aromatic rings. The minimum absolute atomic E-state index is 0.0369. The molecule has 0 aliphatic heterocycles. The van der Waals surface area contributed by atoms with Gasteiger partial charge in [0, 0.05) is 5.39 Å². The molecule has 3 nitrogen and oxygen atoms in total. The van der Waals surface area contributed by atoms with Crippen molar-refractivity contribution in [3.8, 4) is 5.75 Å². The maximum Gasteiger partial charge on any atom is 0.509 e. The maximum absolute atomic E-state index is 12.6. The van der Waals surface area contributed by atoms with Crippen LogP contribution in [0.25, 0.3) is 11.0 Å². The molecule has 0 amide bonds. The Kier molecular flexibility index (Phi) is 2.61. The van der Waals surface area contributed by atoms with Crippen LogP contribution in [0.15, 0.2) is 22.6 Å². The largest absolute Gasteiger partial charge is 0.509 e. The van der Waals surface area contributed by atoms with E-state index in [9.17, 15) is 17.7 Å². The van der Waals surface area contributed by atoms with E-state index in [4.69, 9.17) is 9.15 Å². The fraction of sp³-hybridized carbons (Fsp3) is 0.100. The zero-order valence-corrected chi connectivity index (χ0v) is 8.75. The molecule has 0 unspecified atom stereocenters. The van der Waals surface area contributed by atoms with E-state index in [1.807, 2.05) is 0 Å². The number of benzene rings is 1. The van der Waals surface area contributed by atoms with E-state index in [2.05, 4.69) is 0 Å².